The lowest BCUT2D eigenvalue weighted by Gasteiger charge is -2.50. The number of ketones is 2. The highest BCUT2D eigenvalue weighted by atomic mass is 19.4. The minimum atomic E-state index is -4.89. The second-order valence-corrected chi connectivity index (χ2v) is 11.3. The molecule has 0 radical (unpaired) electrons. The number of likely N-dealkylation sites (N-methyl/N-ethyl adjacent to an activating group) is 1. The molecule has 13 heteroatoms. The average Bonchev–Trinajstić information content (AvgIpc) is 2.79. The van der Waals surface area contributed by atoms with Gasteiger partial charge in [0.1, 0.15) is 22.8 Å². The van der Waals surface area contributed by atoms with Gasteiger partial charge in [-0.3, -0.25) is 24.2 Å². The van der Waals surface area contributed by atoms with Crippen LogP contribution in [0.4, 0.5) is 13.2 Å². The van der Waals surface area contributed by atoms with Crippen molar-refractivity contribution in [1.82, 2.24) is 9.80 Å². The zero-order chi connectivity index (χ0) is 30.2. The van der Waals surface area contributed by atoms with E-state index in [0.717, 1.165) is 6.07 Å². The van der Waals surface area contributed by atoms with Crippen molar-refractivity contribution in [2.75, 3.05) is 21.1 Å². The number of Topliss-reactive ketones (excluding diaryl/α,β-unsaturated/α-hetero) is 2. The predicted octanol–water partition coefficient (Wildman–Crippen LogP) is 1.98. The molecular formula is C27H32F3N3O7. The molecule has 3 aliphatic rings. The summed E-state index contributed by atoms with van der Waals surface area (Å²) in [5.74, 6) is -9.03. The van der Waals surface area contributed by atoms with Crippen LogP contribution in [0.1, 0.15) is 47.3 Å². The average molecular weight is 568 g/mol. The van der Waals surface area contributed by atoms with Crippen LogP contribution in [0.2, 0.25) is 0 Å². The van der Waals surface area contributed by atoms with Gasteiger partial charge in [-0.15, -0.1) is 0 Å². The largest absolute Gasteiger partial charge is 0.510 e. The number of amides is 1. The van der Waals surface area contributed by atoms with Gasteiger partial charge in [0, 0.05) is 24.1 Å². The Labute approximate surface area is 228 Å². The van der Waals surface area contributed by atoms with Crippen molar-refractivity contribution in [3.63, 3.8) is 0 Å². The van der Waals surface area contributed by atoms with Gasteiger partial charge in [0.2, 0.25) is 5.78 Å². The summed E-state index contributed by atoms with van der Waals surface area (Å²) >= 11 is 0. The number of carbonyl (C=O) groups excluding carboxylic acids is 3. The Balaban J connectivity index is 1.97. The first-order valence-electron chi connectivity index (χ1n) is 12.6. The van der Waals surface area contributed by atoms with E-state index in [1.165, 1.54) is 19.0 Å². The Morgan fingerprint density at radius 1 is 1.18 bits per heavy atom. The van der Waals surface area contributed by atoms with Crippen molar-refractivity contribution in [2.45, 2.75) is 57.1 Å². The number of hydrogen-bond donors (Lipinski definition) is 5. The lowest BCUT2D eigenvalue weighted by atomic mass is 9.58. The second-order valence-electron chi connectivity index (χ2n) is 11.3. The first kappa shape index (κ1) is 29.6. The third-order valence-electron chi connectivity index (χ3n) is 8.39. The number of phenols is 1. The van der Waals surface area contributed by atoms with Gasteiger partial charge in [-0.05, 0) is 70.9 Å². The molecule has 0 unspecified atom stereocenters. The van der Waals surface area contributed by atoms with Gasteiger partial charge >= 0.3 is 6.18 Å². The number of benzene rings is 1. The quantitative estimate of drug-likeness (QED) is 0.335. The highest BCUT2D eigenvalue weighted by Crippen LogP contribution is 2.53. The Bertz CT molecular complexity index is 1380. The molecule has 6 N–H and O–H groups in total. The zero-order valence-corrected chi connectivity index (χ0v) is 22.6. The fraction of sp³-hybridized carbons (Fsp3) is 0.519. The normalized spacial score (nSPS) is 26.9. The van der Waals surface area contributed by atoms with E-state index < -0.39 is 98.7 Å². The molecule has 218 valence electrons. The number of rotatable bonds is 5. The van der Waals surface area contributed by atoms with Crippen molar-refractivity contribution < 1.29 is 48.0 Å². The van der Waals surface area contributed by atoms with Gasteiger partial charge in [0.25, 0.3) is 5.91 Å². The minimum absolute atomic E-state index is 0.124. The topological polar surface area (TPSA) is 165 Å². The molecule has 0 heterocycles. The Morgan fingerprint density at radius 2 is 1.77 bits per heavy atom. The number of nitrogens with two attached hydrogens (primary N) is 1. The summed E-state index contributed by atoms with van der Waals surface area (Å²) in [5.41, 5.74) is -1.48. The smallest absolute Gasteiger partial charge is 0.417 e. The molecule has 1 amide bonds. The van der Waals surface area contributed by atoms with Crippen LogP contribution < -0.4 is 5.73 Å². The van der Waals surface area contributed by atoms with Crippen molar-refractivity contribution in [3.8, 4) is 5.75 Å². The van der Waals surface area contributed by atoms with Crippen LogP contribution in [-0.2, 0) is 28.7 Å². The number of hydrogen-bond acceptors (Lipinski definition) is 9. The van der Waals surface area contributed by atoms with E-state index in [1.54, 1.807) is 25.8 Å². The standard InChI is InChI=1S/C27H32F3N3O7/c1-10(2)33(5)9-12-8-15(34)17-13(19(12)27(28,29)30)6-11-7-14-20(32(3)4)22(36)18(25(31)39)24(38)26(14,40)23(37)16(11)21(17)35/h8,10-11,14,20,34,36-37,40H,6-7,9H2,1-5H3,(H2,31,39)/t11-,14-,20-,26-/m0/s1. The monoisotopic (exact) mass is 567 g/mol. The molecule has 0 spiro atoms. The molecule has 0 aliphatic heterocycles. The Morgan fingerprint density at radius 3 is 2.27 bits per heavy atom. The molecule has 1 aromatic carbocycles. The summed E-state index contributed by atoms with van der Waals surface area (Å²) in [7, 11) is 4.55. The molecular weight excluding hydrogens is 535 g/mol. The Kier molecular flexibility index (Phi) is 7.09. The summed E-state index contributed by atoms with van der Waals surface area (Å²) in [6, 6.07) is -0.496. The number of alkyl halides is 3. The zero-order valence-electron chi connectivity index (χ0n) is 22.6. The first-order chi connectivity index (χ1) is 18.3. The second kappa shape index (κ2) is 9.60. The lowest BCUT2D eigenvalue weighted by molar-refractivity contribution is -0.148. The van der Waals surface area contributed by atoms with E-state index in [2.05, 4.69) is 0 Å². The molecule has 40 heavy (non-hydrogen) atoms. The van der Waals surface area contributed by atoms with Gasteiger partial charge < -0.3 is 26.2 Å². The van der Waals surface area contributed by atoms with E-state index in [-0.39, 0.29) is 24.6 Å². The van der Waals surface area contributed by atoms with E-state index in [4.69, 9.17) is 5.73 Å². The third kappa shape index (κ3) is 4.18. The van der Waals surface area contributed by atoms with Crippen LogP contribution in [0.25, 0.3) is 0 Å². The summed E-state index contributed by atoms with van der Waals surface area (Å²) in [6.07, 6.45) is -5.65. The maximum absolute atomic E-state index is 14.5. The summed E-state index contributed by atoms with van der Waals surface area (Å²) in [4.78, 5) is 42.0. The lowest BCUT2D eigenvalue weighted by Crippen LogP contribution is -2.63. The SMILES string of the molecule is CC(C)N(C)Cc1cc(O)c2c(c1C(F)(F)F)C[C@H]1C[C@H]3[C@H](N(C)C)C(O)=C(C(N)=O)C(=O)[C@@]3(O)C(O)=C1C2=O. The van der Waals surface area contributed by atoms with Gasteiger partial charge in [-0.2, -0.15) is 13.2 Å². The predicted molar refractivity (Wildman–Crippen MR) is 135 cm³/mol. The Hall–Kier alpha value is -3.42. The summed E-state index contributed by atoms with van der Waals surface area (Å²) < 4.78 is 43.6. The molecule has 3 aliphatic carbocycles. The number of nitrogens with zero attached hydrogens (tertiary/aromatic N) is 2. The van der Waals surface area contributed by atoms with Crippen LogP contribution >= 0.6 is 0 Å². The van der Waals surface area contributed by atoms with Crippen LogP contribution in [0, 0.1) is 11.8 Å². The highest BCUT2D eigenvalue weighted by Gasteiger charge is 2.63. The van der Waals surface area contributed by atoms with Crippen LogP contribution in [0.5, 0.6) is 5.75 Å². The number of phenolic OH excluding ortho intramolecular Hbond substituents is 1. The van der Waals surface area contributed by atoms with Gasteiger partial charge in [0.15, 0.2) is 11.4 Å². The van der Waals surface area contributed by atoms with Gasteiger partial charge in [-0.1, -0.05) is 0 Å². The van der Waals surface area contributed by atoms with Crippen molar-refractivity contribution in [1.29, 1.82) is 0 Å². The molecule has 0 bridgehead atoms. The summed E-state index contributed by atoms with van der Waals surface area (Å²) in [5, 5.41) is 44.4. The minimum Gasteiger partial charge on any atom is -0.510 e. The number of allylic oxidation sites excluding steroid dienone is 1. The maximum atomic E-state index is 14.5. The highest BCUT2D eigenvalue weighted by molar-refractivity contribution is 6.24. The van der Waals surface area contributed by atoms with Crippen molar-refractivity contribution >= 4 is 17.5 Å². The molecule has 0 aromatic heterocycles. The van der Waals surface area contributed by atoms with E-state index in [0.29, 0.717) is 0 Å². The number of carbonyl (C=O) groups is 3. The van der Waals surface area contributed by atoms with Crippen molar-refractivity contribution in [2.24, 2.45) is 17.6 Å². The molecule has 1 aromatic rings. The molecule has 0 saturated carbocycles. The number of aliphatic hydroxyl groups is 3. The maximum Gasteiger partial charge on any atom is 0.417 e. The fourth-order valence-corrected chi connectivity index (χ4v) is 6.32. The van der Waals surface area contributed by atoms with Crippen molar-refractivity contribution in [3.05, 3.63) is 51.0 Å². The van der Waals surface area contributed by atoms with E-state index >= 15 is 0 Å². The van der Waals surface area contributed by atoms with E-state index in [9.17, 15) is 48.0 Å². The first-order valence-corrected chi connectivity index (χ1v) is 12.6. The van der Waals surface area contributed by atoms with Crippen LogP contribution in [0.3, 0.4) is 0 Å². The number of halogens is 3. The summed E-state index contributed by atoms with van der Waals surface area (Å²) in [6.45, 7) is 3.41. The van der Waals surface area contributed by atoms with Gasteiger partial charge in [-0.25, -0.2) is 0 Å². The van der Waals surface area contributed by atoms with Crippen LogP contribution in [0.15, 0.2) is 28.7 Å². The van der Waals surface area contributed by atoms with Crippen LogP contribution in [-0.4, -0.2) is 86.5 Å². The number of aromatic hydroxyl groups is 1. The van der Waals surface area contributed by atoms with Gasteiger partial charge in [0.05, 0.1) is 17.2 Å². The molecule has 10 nitrogen and oxygen atoms in total. The molecule has 0 saturated heterocycles. The molecule has 4 rings (SSSR count). The van der Waals surface area contributed by atoms with E-state index in [1.807, 2.05) is 0 Å². The fourth-order valence-electron chi connectivity index (χ4n) is 6.32. The third-order valence-corrected chi connectivity index (χ3v) is 8.39. The molecule has 0 fully saturated rings. The number of primary amides is 1. The number of fused-ring (bicyclic) bond motifs is 3. The molecule has 4 atom stereocenters. The number of aliphatic hydroxyl groups excluding tert-OH is 2.